The largest absolute Gasteiger partial charge is 1.00 e. The minimum atomic E-state index is -0.441. The van der Waals surface area contributed by atoms with E-state index in [1.165, 1.54) is 5.56 Å². The Morgan fingerprint density at radius 1 is 1.25 bits per heavy atom. The van der Waals surface area contributed by atoms with E-state index in [0.717, 1.165) is 18.5 Å². The Bertz CT molecular complexity index is 535. The summed E-state index contributed by atoms with van der Waals surface area (Å²) in [6.07, 6.45) is 1.88. The highest BCUT2D eigenvalue weighted by Crippen LogP contribution is 2.28. The van der Waals surface area contributed by atoms with Crippen LogP contribution in [0.25, 0.3) is 0 Å². The predicted octanol–water partition coefficient (Wildman–Crippen LogP) is -1.61. The lowest BCUT2D eigenvalue weighted by atomic mass is 10.0. The van der Waals surface area contributed by atoms with E-state index in [9.17, 15) is 0 Å². The van der Waals surface area contributed by atoms with Crippen molar-refractivity contribution in [2.75, 3.05) is 0 Å². The van der Waals surface area contributed by atoms with Gasteiger partial charge in [0.15, 0.2) is 5.66 Å². The van der Waals surface area contributed by atoms with E-state index in [2.05, 4.69) is 55.3 Å². The van der Waals surface area contributed by atoms with Crippen LogP contribution in [0, 0.1) is 6.92 Å². The first-order chi connectivity index (χ1) is 8.96. The summed E-state index contributed by atoms with van der Waals surface area (Å²) < 4.78 is 2.01. The number of halogens is 1. The highest BCUT2D eigenvalue weighted by Gasteiger charge is 2.37. The molecule has 1 aliphatic rings. The number of hydrogen-bond acceptors (Lipinski definition) is 4. The molecule has 0 saturated carbocycles. The van der Waals surface area contributed by atoms with E-state index in [-0.39, 0.29) is 12.4 Å². The maximum Gasteiger partial charge on any atom is 0.357 e. The molecule has 5 N–H and O–H groups in total. The fourth-order valence-electron chi connectivity index (χ4n) is 2.54. The summed E-state index contributed by atoms with van der Waals surface area (Å²) in [5.41, 5.74) is 13.7. The molecule has 0 saturated heterocycles. The van der Waals surface area contributed by atoms with Gasteiger partial charge in [0.2, 0.25) is 0 Å². The fraction of sp³-hybridized carbons (Fsp3) is 0.429. The molecule has 1 unspecified atom stereocenters. The Morgan fingerprint density at radius 3 is 2.40 bits per heavy atom. The molecule has 0 aromatic heterocycles. The van der Waals surface area contributed by atoms with Crippen molar-refractivity contribution in [3.05, 3.63) is 29.8 Å². The zero-order valence-electron chi connectivity index (χ0n) is 12.2. The van der Waals surface area contributed by atoms with Crippen LogP contribution in [0.3, 0.4) is 0 Å². The number of nitrogens with zero attached hydrogens (tertiary/aromatic N) is 2. The monoisotopic (exact) mass is 295 g/mol. The minimum Gasteiger partial charge on any atom is -1.00 e. The summed E-state index contributed by atoms with van der Waals surface area (Å²) in [7, 11) is 0. The molecule has 1 aliphatic heterocycles. The molecular formula is C14H22ClN5. The van der Waals surface area contributed by atoms with Crippen LogP contribution in [-0.4, -0.2) is 22.2 Å². The Hall–Kier alpha value is -1.75. The molecule has 0 fully saturated rings. The molecule has 0 amide bonds. The van der Waals surface area contributed by atoms with Crippen molar-refractivity contribution in [1.82, 2.24) is 5.32 Å². The standard InChI is InChI=1S/C14H21N5.ClH/c1-4-9-14(3)18-12(15)17-13(16)19(14)11-7-5-10(2)6-8-11;/h5-8H,4,9H2,1-3H3,(H4,15,16,17,18);1H. The van der Waals surface area contributed by atoms with Gasteiger partial charge in [-0.2, -0.15) is 4.99 Å². The van der Waals surface area contributed by atoms with Crippen LogP contribution >= 0.6 is 0 Å². The number of aryl methyl sites for hydroxylation is 1. The molecule has 0 bridgehead atoms. The van der Waals surface area contributed by atoms with Gasteiger partial charge in [0.1, 0.15) is 5.69 Å². The van der Waals surface area contributed by atoms with Crippen LogP contribution in [0.2, 0.25) is 0 Å². The number of benzene rings is 1. The first-order valence-electron chi connectivity index (χ1n) is 6.58. The normalized spacial score (nSPS) is 21.9. The number of hydrogen-bond donors (Lipinski definition) is 3. The average Bonchev–Trinajstić information content (AvgIpc) is 2.30. The summed E-state index contributed by atoms with van der Waals surface area (Å²) >= 11 is 0. The molecular weight excluding hydrogens is 274 g/mol. The predicted molar refractivity (Wildman–Crippen MR) is 78.4 cm³/mol. The van der Waals surface area contributed by atoms with Crippen LogP contribution in [0.4, 0.5) is 5.69 Å². The molecule has 6 heteroatoms. The lowest BCUT2D eigenvalue weighted by molar-refractivity contribution is -0.534. The maximum absolute atomic E-state index is 6.12. The van der Waals surface area contributed by atoms with Gasteiger partial charge >= 0.3 is 5.96 Å². The summed E-state index contributed by atoms with van der Waals surface area (Å²) in [6.45, 7) is 6.24. The third kappa shape index (κ3) is 3.04. The summed E-state index contributed by atoms with van der Waals surface area (Å²) in [5.74, 6) is 0.893. The number of rotatable bonds is 3. The second kappa shape index (κ2) is 6.13. The van der Waals surface area contributed by atoms with E-state index in [4.69, 9.17) is 11.5 Å². The molecule has 2 rings (SSSR count). The Kier molecular flexibility index (Phi) is 5.00. The van der Waals surface area contributed by atoms with E-state index < -0.39 is 5.66 Å². The first-order valence-corrected chi connectivity index (χ1v) is 6.58. The summed E-state index contributed by atoms with van der Waals surface area (Å²) in [6, 6.07) is 8.23. The van der Waals surface area contributed by atoms with Gasteiger partial charge in [-0.05, 0) is 26.0 Å². The van der Waals surface area contributed by atoms with Gasteiger partial charge < -0.3 is 18.1 Å². The fourth-order valence-corrected chi connectivity index (χ4v) is 2.54. The molecule has 5 nitrogen and oxygen atoms in total. The van der Waals surface area contributed by atoms with Crippen LogP contribution in [0.1, 0.15) is 32.3 Å². The number of nitrogens with one attached hydrogen (secondary N) is 1. The number of nitrogens with two attached hydrogens (primary N) is 2. The SMILES string of the molecule is CCCC1(C)N=C(N)NC(N)=[N+]1c1ccc(C)cc1.[Cl-]. The molecule has 0 radical (unpaired) electrons. The molecule has 1 heterocycles. The zero-order chi connectivity index (χ0) is 14.0. The molecule has 110 valence electrons. The van der Waals surface area contributed by atoms with Gasteiger partial charge in [0.05, 0.1) is 0 Å². The number of guanidine groups is 2. The molecule has 1 aromatic carbocycles. The van der Waals surface area contributed by atoms with E-state index in [1.807, 2.05) is 4.58 Å². The van der Waals surface area contributed by atoms with Crippen molar-refractivity contribution in [2.45, 2.75) is 39.3 Å². The van der Waals surface area contributed by atoms with Crippen LogP contribution in [0.5, 0.6) is 0 Å². The van der Waals surface area contributed by atoms with E-state index >= 15 is 0 Å². The van der Waals surface area contributed by atoms with E-state index in [0.29, 0.717) is 11.9 Å². The second-order valence-electron chi connectivity index (χ2n) is 5.15. The van der Waals surface area contributed by atoms with Crippen molar-refractivity contribution < 1.29 is 17.0 Å². The highest BCUT2D eigenvalue weighted by atomic mass is 35.5. The minimum absolute atomic E-state index is 0. The van der Waals surface area contributed by atoms with Crippen molar-refractivity contribution in [3.8, 4) is 0 Å². The van der Waals surface area contributed by atoms with Gasteiger partial charge in [0.25, 0.3) is 5.96 Å². The smallest absolute Gasteiger partial charge is 0.357 e. The quantitative estimate of drug-likeness (QED) is 0.587. The Labute approximate surface area is 126 Å². The van der Waals surface area contributed by atoms with Gasteiger partial charge in [0, 0.05) is 6.42 Å². The summed E-state index contributed by atoms with van der Waals surface area (Å²) in [4.78, 5) is 4.54. The van der Waals surface area contributed by atoms with Gasteiger partial charge in [-0.15, -0.1) is 0 Å². The highest BCUT2D eigenvalue weighted by molar-refractivity contribution is 5.96. The molecule has 20 heavy (non-hydrogen) atoms. The van der Waals surface area contributed by atoms with Gasteiger partial charge in [-0.1, -0.05) is 31.0 Å². The summed E-state index contributed by atoms with van der Waals surface area (Å²) in [5, 5.41) is 2.90. The average molecular weight is 296 g/mol. The maximum atomic E-state index is 6.12. The molecule has 0 spiro atoms. The lowest BCUT2D eigenvalue weighted by Crippen LogP contribution is -3.00. The first kappa shape index (κ1) is 16.3. The van der Waals surface area contributed by atoms with Crippen molar-refractivity contribution in [3.63, 3.8) is 0 Å². The van der Waals surface area contributed by atoms with Crippen LogP contribution < -0.4 is 29.2 Å². The Morgan fingerprint density at radius 2 is 1.85 bits per heavy atom. The molecule has 1 aromatic rings. The van der Waals surface area contributed by atoms with Crippen LogP contribution in [-0.2, 0) is 0 Å². The van der Waals surface area contributed by atoms with Gasteiger partial charge in [-0.25, -0.2) is 9.89 Å². The second-order valence-corrected chi connectivity index (χ2v) is 5.15. The third-order valence-electron chi connectivity index (χ3n) is 3.36. The lowest BCUT2D eigenvalue weighted by Gasteiger charge is -2.31. The van der Waals surface area contributed by atoms with E-state index in [1.54, 1.807) is 0 Å². The topological polar surface area (TPSA) is 79.4 Å². The third-order valence-corrected chi connectivity index (χ3v) is 3.36. The molecule has 1 atom stereocenters. The van der Waals surface area contributed by atoms with Crippen molar-refractivity contribution in [1.29, 1.82) is 0 Å². The van der Waals surface area contributed by atoms with Crippen molar-refractivity contribution >= 4 is 17.6 Å². The van der Waals surface area contributed by atoms with Crippen molar-refractivity contribution in [2.24, 2.45) is 16.5 Å². The number of aliphatic imine (C=N–C) groups is 1. The Balaban J connectivity index is 0.00000200. The molecule has 0 aliphatic carbocycles. The zero-order valence-corrected chi connectivity index (χ0v) is 12.9. The van der Waals surface area contributed by atoms with Gasteiger partial charge in [-0.3, -0.25) is 5.73 Å². The van der Waals surface area contributed by atoms with Crippen LogP contribution in [0.15, 0.2) is 29.3 Å².